The molecule has 8 heteroatoms. The largest absolute Gasteiger partial charge is 0.324 e. The topological polar surface area (TPSA) is 93.1 Å². The highest BCUT2D eigenvalue weighted by Gasteiger charge is 2.16. The fourth-order valence-corrected chi connectivity index (χ4v) is 3.52. The Hall–Kier alpha value is -4.23. The van der Waals surface area contributed by atoms with Crippen LogP contribution in [0.4, 0.5) is 11.4 Å². The summed E-state index contributed by atoms with van der Waals surface area (Å²) in [6.07, 6.45) is 0. The molecule has 1 aromatic heterocycles. The number of benzene rings is 3. The van der Waals surface area contributed by atoms with Gasteiger partial charge in [-0.15, -0.1) is 0 Å². The van der Waals surface area contributed by atoms with Crippen molar-refractivity contribution in [2.45, 2.75) is 13.5 Å². The van der Waals surface area contributed by atoms with E-state index in [0.717, 1.165) is 10.2 Å². The lowest BCUT2D eigenvalue weighted by Crippen LogP contribution is -2.32. The van der Waals surface area contributed by atoms with Crippen LogP contribution in [0.15, 0.2) is 89.7 Å². The van der Waals surface area contributed by atoms with E-state index >= 15 is 0 Å². The number of hydrogen-bond acceptors (Lipinski definition) is 4. The second-order valence-corrected chi connectivity index (χ2v) is 7.96. The second-order valence-electron chi connectivity index (χ2n) is 7.55. The second kappa shape index (κ2) is 10.1. The van der Waals surface area contributed by atoms with Crippen molar-refractivity contribution in [3.63, 3.8) is 0 Å². The van der Waals surface area contributed by atoms with Crippen molar-refractivity contribution in [2.75, 3.05) is 10.6 Å². The van der Waals surface area contributed by atoms with Crippen LogP contribution in [0, 0.1) is 6.92 Å². The molecule has 0 radical (unpaired) electrons. The Kier molecular flexibility index (Phi) is 6.85. The van der Waals surface area contributed by atoms with E-state index in [9.17, 15) is 14.4 Å². The average molecular weight is 473 g/mol. The Labute approximate surface area is 201 Å². The number of halogens is 1. The molecule has 1 heterocycles. The molecule has 0 aliphatic heterocycles. The van der Waals surface area contributed by atoms with Gasteiger partial charge in [0.2, 0.25) is 5.91 Å². The van der Waals surface area contributed by atoms with Gasteiger partial charge in [-0.3, -0.25) is 14.4 Å². The van der Waals surface area contributed by atoms with Crippen molar-refractivity contribution in [3.8, 4) is 11.3 Å². The molecule has 0 saturated heterocycles. The SMILES string of the molecule is Cc1c(Cl)cccc1NC(=O)Cn1nc(-c2ccccc2)cc(NC(=O)c2ccccc2)c1=O. The van der Waals surface area contributed by atoms with Gasteiger partial charge in [0, 0.05) is 21.8 Å². The summed E-state index contributed by atoms with van der Waals surface area (Å²) in [7, 11) is 0. The molecule has 0 bridgehead atoms. The van der Waals surface area contributed by atoms with E-state index in [4.69, 9.17) is 11.6 Å². The summed E-state index contributed by atoms with van der Waals surface area (Å²) in [6.45, 7) is 1.44. The fraction of sp³-hybridized carbons (Fsp3) is 0.0769. The highest BCUT2D eigenvalue weighted by Crippen LogP contribution is 2.23. The molecule has 2 amide bonds. The number of anilines is 2. The lowest BCUT2D eigenvalue weighted by molar-refractivity contribution is -0.117. The van der Waals surface area contributed by atoms with Crippen LogP contribution in [-0.4, -0.2) is 21.6 Å². The van der Waals surface area contributed by atoms with Gasteiger partial charge in [-0.25, -0.2) is 4.68 Å². The zero-order valence-corrected chi connectivity index (χ0v) is 19.0. The quantitative estimate of drug-likeness (QED) is 0.423. The molecule has 0 aliphatic rings. The molecule has 170 valence electrons. The number of carbonyl (C=O) groups excluding carboxylic acids is 2. The van der Waals surface area contributed by atoms with Crippen LogP contribution in [0.25, 0.3) is 11.3 Å². The number of hydrogen-bond donors (Lipinski definition) is 2. The molecule has 0 saturated carbocycles. The van der Waals surface area contributed by atoms with Crippen molar-refractivity contribution in [3.05, 3.63) is 111 Å². The van der Waals surface area contributed by atoms with E-state index in [0.29, 0.717) is 27.5 Å². The summed E-state index contributed by atoms with van der Waals surface area (Å²) in [6, 6.07) is 24.4. The number of nitrogens with one attached hydrogen (secondary N) is 2. The van der Waals surface area contributed by atoms with Crippen LogP contribution in [0.3, 0.4) is 0 Å². The smallest absolute Gasteiger partial charge is 0.291 e. The Morgan fingerprint density at radius 3 is 2.26 bits per heavy atom. The highest BCUT2D eigenvalue weighted by atomic mass is 35.5. The van der Waals surface area contributed by atoms with Gasteiger partial charge in [-0.1, -0.05) is 66.2 Å². The van der Waals surface area contributed by atoms with Gasteiger partial charge in [0.1, 0.15) is 12.2 Å². The Morgan fingerprint density at radius 2 is 1.56 bits per heavy atom. The van der Waals surface area contributed by atoms with Gasteiger partial charge >= 0.3 is 0 Å². The lowest BCUT2D eigenvalue weighted by Gasteiger charge is -2.13. The Morgan fingerprint density at radius 1 is 0.882 bits per heavy atom. The minimum absolute atomic E-state index is 0.0226. The highest BCUT2D eigenvalue weighted by molar-refractivity contribution is 6.31. The van der Waals surface area contributed by atoms with Crippen LogP contribution < -0.4 is 16.2 Å². The molecule has 4 aromatic rings. The molecule has 0 aliphatic carbocycles. The summed E-state index contributed by atoms with van der Waals surface area (Å²) in [5.41, 5.74) is 2.26. The van der Waals surface area contributed by atoms with E-state index in [1.807, 2.05) is 30.3 Å². The van der Waals surface area contributed by atoms with E-state index in [1.165, 1.54) is 6.07 Å². The molecule has 0 spiro atoms. The molecule has 4 rings (SSSR count). The van der Waals surface area contributed by atoms with Gasteiger partial charge in [0.05, 0.1) is 5.69 Å². The molecule has 0 fully saturated rings. The van der Waals surface area contributed by atoms with Crippen LogP contribution in [0.1, 0.15) is 15.9 Å². The molecule has 34 heavy (non-hydrogen) atoms. The zero-order chi connectivity index (χ0) is 24.1. The summed E-state index contributed by atoms with van der Waals surface area (Å²) >= 11 is 6.13. The maximum Gasteiger partial charge on any atom is 0.291 e. The third-order valence-corrected chi connectivity index (χ3v) is 5.57. The van der Waals surface area contributed by atoms with Gasteiger partial charge in [0.25, 0.3) is 11.5 Å². The molecular formula is C26H21ClN4O3. The normalized spacial score (nSPS) is 10.5. The van der Waals surface area contributed by atoms with Crippen molar-refractivity contribution >= 4 is 34.8 Å². The molecule has 7 nitrogen and oxygen atoms in total. The predicted octanol–water partition coefficient (Wildman–Crippen LogP) is 4.76. The molecular weight excluding hydrogens is 452 g/mol. The first kappa shape index (κ1) is 22.9. The molecule has 3 aromatic carbocycles. The van der Waals surface area contributed by atoms with E-state index < -0.39 is 17.4 Å². The first-order chi connectivity index (χ1) is 16.4. The van der Waals surface area contributed by atoms with Crippen molar-refractivity contribution in [1.82, 2.24) is 9.78 Å². The first-order valence-corrected chi connectivity index (χ1v) is 10.9. The van der Waals surface area contributed by atoms with Crippen molar-refractivity contribution in [1.29, 1.82) is 0 Å². The average Bonchev–Trinajstić information content (AvgIpc) is 2.85. The predicted molar refractivity (Wildman–Crippen MR) is 133 cm³/mol. The Bertz CT molecular complexity index is 1400. The third kappa shape index (κ3) is 5.22. The van der Waals surface area contributed by atoms with Crippen LogP contribution >= 0.6 is 11.6 Å². The monoisotopic (exact) mass is 472 g/mol. The maximum atomic E-state index is 13.1. The fourth-order valence-electron chi connectivity index (χ4n) is 3.34. The molecule has 2 N–H and O–H groups in total. The number of nitrogens with zero attached hydrogens (tertiary/aromatic N) is 2. The number of rotatable bonds is 6. The Balaban J connectivity index is 1.67. The zero-order valence-electron chi connectivity index (χ0n) is 18.3. The van der Waals surface area contributed by atoms with Gasteiger partial charge < -0.3 is 10.6 Å². The summed E-state index contributed by atoms with van der Waals surface area (Å²) < 4.78 is 1.04. The maximum absolute atomic E-state index is 13.1. The first-order valence-electron chi connectivity index (χ1n) is 10.5. The minimum atomic E-state index is -0.595. The molecule has 0 unspecified atom stereocenters. The third-order valence-electron chi connectivity index (χ3n) is 5.16. The standard InChI is InChI=1S/C26H21ClN4O3/c1-17-20(27)13-8-14-21(17)28-24(32)16-31-26(34)23(29-25(33)19-11-6-3-7-12-19)15-22(30-31)18-9-4-2-5-10-18/h2-15H,16H2,1H3,(H,28,32)(H,29,33). The van der Waals surface area contributed by atoms with Gasteiger partial charge in [0.15, 0.2) is 0 Å². The summed E-state index contributed by atoms with van der Waals surface area (Å²) in [4.78, 5) is 38.6. The van der Waals surface area contributed by atoms with Crippen LogP contribution in [-0.2, 0) is 11.3 Å². The number of carbonyl (C=O) groups is 2. The van der Waals surface area contributed by atoms with Gasteiger partial charge in [-0.2, -0.15) is 5.10 Å². The van der Waals surface area contributed by atoms with Crippen molar-refractivity contribution in [2.24, 2.45) is 0 Å². The van der Waals surface area contributed by atoms with E-state index in [1.54, 1.807) is 55.5 Å². The van der Waals surface area contributed by atoms with Crippen LogP contribution in [0.5, 0.6) is 0 Å². The number of amides is 2. The van der Waals surface area contributed by atoms with Gasteiger partial charge in [-0.05, 0) is 42.8 Å². The summed E-state index contributed by atoms with van der Waals surface area (Å²) in [5.74, 6) is -0.890. The van der Waals surface area contributed by atoms with E-state index in [-0.39, 0.29) is 12.2 Å². The lowest BCUT2D eigenvalue weighted by atomic mass is 10.1. The number of aromatic nitrogens is 2. The van der Waals surface area contributed by atoms with E-state index in [2.05, 4.69) is 15.7 Å². The summed E-state index contributed by atoms with van der Waals surface area (Å²) in [5, 5.41) is 10.3. The molecule has 0 atom stereocenters. The minimum Gasteiger partial charge on any atom is -0.324 e. The van der Waals surface area contributed by atoms with Crippen LogP contribution in [0.2, 0.25) is 5.02 Å². The van der Waals surface area contributed by atoms with Crippen molar-refractivity contribution < 1.29 is 9.59 Å².